The molecule has 1 saturated heterocycles. The fraction of sp³-hybridized carbons (Fsp3) is 0.500. The summed E-state index contributed by atoms with van der Waals surface area (Å²) in [5.74, 6) is -1.77. The predicted octanol–water partition coefficient (Wildman–Crippen LogP) is 2.10. The zero-order valence-electron chi connectivity index (χ0n) is 12.1. The number of hydrogen-bond acceptors (Lipinski definition) is 2. The van der Waals surface area contributed by atoms with Gasteiger partial charge in [0.25, 0.3) is 5.91 Å². The highest BCUT2D eigenvalue weighted by atomic mass is 19.1. The molecule has 1 aliphatic carbocycles. The molecule has 2 amide bonds. The molecule has 1 atom stereocenters. The maximum absolute atomic E-state index is 13.7. The first kappa shape index (κ1) is 14.9. The normalized spacial score (nSPS) is 21.0. The van der Waals surface area contributed by atoms with Crippen LogP contribution in [0.25, 0.3) is 0 Å². The zero-order valence-corrected chi connectivity index (χ0v) is 12.1. The Morgan fingerprint density at radius 2 is 2.00 bits per heavy atom. The van der Waals surface area contributed by atoms with Crippen LogP contribution < -0.4 is 5.32 Å². The van der Waals surface area contributed by atoms with Crippen LogP contribution in [0.4, 0.5) is 8.78 Å². The second kappa shape index (κ2) is 6.02. The number of likely N-dealkylation sites (tertiary alicyclic amines) is 1. The van der Waals surface area contributed by atoms with Crippen LogP contribution in [0.5, 0.6) is 0 Å². The third-order valence-corrected chi connectivity index (χ3v) is 4.15. The van der Waals surface area contributed by atoms with Crippen molar-refractivity contribution >= 4 is 11.8 Å². The van der Waals surface area contributed by atoms with Gasteiger partial charge in [0.05, 0.1) is 5.56 Å². The lowest BCUT2D eigenvalue weighted by molar-refractivity contribution is -0.122. The molecule has 2 aliphatic rings. The van der Waals surface area contributed by atoms with Gasteiger partial charge in [-0.05, 0) is 43.4 Å². The first-order chi connectivity index (χ1) is 10.5. The van der Waals surface area contributed by atoms with Gasteiger partial charge in [-0.2, -0.15) is 0 Å². The standard InChI is InChI=1S/C16H18F2N2O2/c17-11-1-4-14(18)13(8-11)16(22)20-6-5-10(9-20)7-15(21)19-12-2-3-12/h1,4,8,10,12H,2-3,5-7,9H2,(H,19,21)/t10-/m1/s1. The van der Waals surface area contributed by atoms with E-state index in [2.05, 4.69) is 5.32 Å². The topological polar surface area (TPSA) is 49.4 Å². The van der Waals surface area contributed by atoms with Crippen LogP contribution in [0.2, 0.25) is 0 Å². The number of benzene rings is 1. The summed E-state index contributed by atoms with van der Waals surface area (Å²) in [5.41, 5.74) is -0.247. The second-order valence-corrected chi connectivity index (χ2v) is 6.08. The van der Waals surface area contributed by atoms with E-state index in [-0.39, 0.29) is 17.4 Å². The van der Waals surface area contributed by atoms with Crippen LogP contribution in [-0.4, -0.2) is 35.8 Å². The average molecular weight is 308 g/mol. The molecule has 1 heterocycles. The fourth-order valence-electron chi connectivity index (χ4n) is 2.79. The second-order valence-electron chi connectivity index (χ2n) is 6.08. The molecule has 0 spiro atoms. The summed E-state index contributed by atoms with van der Waals surface area (Å²) in [4.78, 5) is 25.5. The minimum absolute atomic E-state index is 0.0127. The van der Waals surface area contributed by atoms with Crippen molar-refractivity contribution in [3.05, 3.63) is 35.4 Å². The Morgan fingerprint density at radius 3 is 2.73 bits per heavy atom. The van der Waals surface area contributed by atoms with Gasteiger partial charge in [-0.15, -0.1) is 0 Å². The maximum Gasteiger partial charge on any atom is 0.256 e. The third-order valence-electron chi connectivity index (χ3n) is 4.15. The molecular formula is C16H18F2N2O2. The summed E-state index contributed by atoms with van der Waals surface area (Å²) in [6.45, 7) is 0.878. The van der Waals surface area contributed by atoms with Crippen molar-refractivity contribution in [2.24, 2.45) is 5.92 Å². The molecular weight excluding hydrogens is 290 g/mol. The van der Waals surface area contributed by atoms with Crippen molar-refractivity contribution in [1.29, 1.82) is 0 Å². The van der Waals surface area contributed by atoms with E-state index in [1.165, 1.54) is 4.90 Å². The first-order valence-corrected chi connectivity index (χ1v) is 7.56. The molecule has 1 aromatic rings. The van der Waals surface area contributed by atoms with E-state index in [9.17, 15) is 18.4 Å². The monoisotopic (exact) mass is 308 g/mol. The Hall–Kier alpha value is -1.98. The molecule has 1 aromatic carbocycles. The summed E-state index contributed by atoms with van der Waals surface area (Å²) in [6.07, 6.45) is 3.17. The summed E-state index contributed by atoms with van der Waals surface area (Å²) in [5, 5.41) is 2.92. The average Bonchev–Trinajstić information content (AvgIpc) is 3.16. The van der Waals surface area contributed by atoms with Gasteiger partial charge in [0.1, 0.15) is 11.6 Å². The number of carbonyl (C=O) groups excluding carboxylic acids is 2. The Bertz CT molecular complexity index is 602. The molecule has 1 N–H and O–H groups in total. The van der Waals surface area contributed by atoms with Gasteiger partial charge < -0.3 is 10.2 Å². The van der Waals surface area contributed by atoms with Crippen molar-refractivity contribution in [3.63, 3.8) is 0 Å². The van der Waals surface area contributed by atoms with Crippen LogP contribution >= 0.6 is 0 Å². The van der Waals surface area contributed by atoms with Gasteiger partial charge in [0, 0.05) is 25.6 Å². The SMILES string of the molecule is O=C(C[C@H]1CCN(C(=O)c2cc(F)ccc2F)C1)NC1CC1. The van der Waals surface area contributed by atoms with E-state index in [1.807, 2.05) is 0 Å². The highest BCUT2D eigenvalue weighted by Gasteiger charge is 2.31. The molecule has 1 aliphatic heterocycles. The molecule has 0 bridgehead atoms. The van der Waals surface area contributed by atoms with Crippen LogP contribution in [0.1, 0.15) is 36.0 Å². The minimum Gasteiger partial charge on any atom is -0.353 e. The molecule has 22 heavy (non-hydrogen) atoms. The lowest BCUT2D eigenvalue weighted by atomic mass is 10.0. The van der Waals surface area contributed by atoms with Crippen molar-refractivity contribution < 1.29 is 18.4 Å². The quantitative estimate of drug-likeness (QED) is 0.926. The molecule has 118 valence electrons. The number of rotatable bonds is 4. The third kappa shape index (κ3) is 3.43. The van der Waals surface area contributed by atoms with E-state index in [0.717, 1.165) is 31.0 Å². The Kier molecular flexibility index (Phi) is 4.09. The lowest BCUT2D eigenvalue weighted by Gasteiger charge is -2.17. The maximum atomic E-state index is 13.7. The molecule has 4 nitrogen and oxygen atoms in total. The van der Waals surface area contributed by atoms with Gasteiger partial charge in [-0.3, -0.25) is 9.59 Å². The van der Waals surface area contributed by atoms with E-state index >= 15 is 0 Å². The lowest BCUT2D eigenvalue weighted by Crippen LogP contribution is -2.31. The summed E-state index contributed by atoms with van der Waals surface area (Å²) in [7, 11) is 0. The predicted molar refractivity (Wildman–Crippen MR) is 76.2 cm³/mol. The van der Waals surface area contributed by atoms with E-state index in [4.69, 9.17) is 0 Å². The number of carbonyl (C=O) groups is 2. The number of halogens is 2. The summed E-state index contributed by atoms with van der Waals surface area (Å²) >= 11 is 0. The summed E-state index contributed by atoms with van der Waals surface area (Å²) < 4.78 is 26.8. The number of hydrogen-bond donors (Lipinski definition) is 1. The van der Waals surface area contributed by atoms with Crippen molar-refractivity contribution in [2.75, 3.05) is 13.1 Å². The Labute approximate surface area is 127 Å². The van der Waals surface area contributed by atoms with Crippen LogP contribution in [-0.2, 0) is 4.79 Å². The highest BCUT2D eigenvalue weighted by Crippen LogP contribution is 2.24. The first-order valence-electron chi connectivity index (χ1n) is 7.56. The molecule has 1 saturated carbocycles. The minimum atomic E-state index is -0.721. The van der Waals surface area contributed by atoms with Crippen LogP contribution in [0.3, 0.4) is 0 Å². The van der Waals surface area contributed by atoms with Gasteiger partial charge in [-0.1, -0.05) is 0 Å². The van der Waals surface area contributed by atoms with Gasteiger partial charge >= 0.3 is 0 Å². The highest BCUT2D eigenvalue weighted by molar-refractivity contribution is 5.94. The number of amides is 2. The smallest absolute Gasteiger partial charge is 0.256 e. The Balaban J connectivity index is 1.58. The van der Waals surface area contributed by atoms with Gasteiger partial charge in [-0.25, -0.2) is 8.78 Å². The van der Waals surface area contributed by atoms with E-state index in [1.54, 1.807) is 0 Å². The molecule has 3 rings (SSSR count). The van der Waals surface area contributed by atoms with Crippen molar-refractivity contribution in [2.45, 2.75) is 31.7 Å². The van der Waals surface area contributed by atoms with Crippen LogP contribution in [0, 0.1) is 17.6 Å². The fourth-order valence-corrected chi connectivity index (χ4v) is 2.79. The molecule has 6 heteroatoms. The molecule has 0 aromatic heterocycles. The van der Waals surface area contributed by atoms with E-state index < -0.39 is 17.5 Å². The Morgan fingerprint density at radius 1 is 1.23 bits per heavy atom. The van der Waals surface area contributed by atoms with E-state index in [0.29, 0.717) is 32.0 Å². The zero-order chi connectivity index (χ0) is 15.7. The number of nitrogens with one attached hydrogen (secondary N) is 1. The van der Waals surface area contributed by atoms with Crippen molar-refractivity contribution in [3.8, 4) is 0 Å². The molecule has 0 radical (unpaired) electrons. The molecule has 2 fully saturated rings. The van der Waals surface area contributed by atoms with Crippen LogP contribution in [0.15, 0.2) is 18.2 Å². The van der Waals surface area contributed by atoms with Gasteiger partial charge in [0.15, 0.2) is 0 Å². The summed E-state index contributed by atoms with van der Waals surface area (Å²) in [6, 6.07) is 3.19. The van der Waals surface area contributed by atoms with Gasteiger partial charge in [0.2, 0.25) is 5.91 Å². The van der Waals surface area contributed by atoms with Crippen molar-refractivity contribution in [1.82, 2.24) is 10.2 Å². The molecule has 0 unspecified atom stereocenters. The number of nitrogens with zero attached hydrogens (tertiary/aromatic N) is 1. The largest absolute Gasteiger partial charge is 0.353 e.